The van der Waals surface area contributed by atoms with Crippen molar-refractivity contribution in [3.8, 4) is 5.75 Å². The lowest BCUT2D eigenvalue weighted by molar-refractivity contribution is 0.340. The normalized spacial score (nSPS) is 20.9. The van der Waals surface area contributed by atoms with Crippen LogP contribution in [0.4, 0.5) is 0 Å². The van der Waals surface area contributed by atoms with Crippen LogP contribution < -0.4 is 4.74 Å². The molecule has 2 aliphatic rings. The number of fused-ring (bicyclic) bond motifs is 1. The summed E-state index contributed by atoms with van der Waals surface area (Å²) in [7, 11) is -1.74. The third kappa shape index (κ3) is 2.86. The van der Waals surface area contributed by atoms with Crippen molar-refractivity contribution < 1.29 is 13.2 Å². The molecule has 1 fully saturated rings. The van der Waals surface area contributed by atoms with Crippen LogP contribution in [-0.2, 0) is 9.84 Å². The van der Waals surface area contributed by atoms with Crippen molar-refractivity contribution in [1.29, 1.82) is 0 Å². The summed E-state index contributed by atoms with van der Waals surface area (Å²) in [5.74, 6) is 1.30. The molecule has 21 heavy (non-hydrogen) atoms. The number of benzene rings is 1. The Morgan fingerprint density at radius 2 is 1.95 bits per heavy atom. The van der Waals surface area contributed by atoms with E-state index in [9.17, 15) is 8.42 Å². The minimum atomic E-state index is -3.30. The maximum absolute atomic E-state index is 12.6. The molecular formula is C17H22O3S. The minimum absolute atomic E-state index is 0.403. The number of allylic oxidation sites excluding steroid dienone is 1. The van der Waals surface area contributed by atoms with E-state index in [4.69, 9.17) is 4.74 Å². The van der Waals surface area contributed by atoms with Crippen LogP contribution in [0.15, 0.2) is 28.0 Å². The summed E-state index contributed by atoms with van der Waals surface area (Å²) in [5.41, 5.74) is 0.800. The highest BCUT2D eigenvalue weighted by molar-refractivity contribution is 7.95. The lowest BCUT2D eigenvalue weighted by atomic mass is 9.86. The van der Waals surface area contributed by atoms with Crippen LogP contribution in [0.1, 0.15) is 50.5 Å². The van der Waals surface area contributed by atoms with Gasteiger partial charge in [-0.1, -0.05) is 32.1 Å². The lowest BCUT2D eigenvalue weighted by Crippen LogP contribution is -2.08. The molecule has 4 heteroatoms. The van der Waals surface area contributed by atoms with Gasteiger partial charge in [0, 0.05) is 4.91 Å². The summed E-state index contributed by atoms with van der Waals surface area (Å²) in [6.45, 7) is 0. The van der Waals surface area contributed by atoms with Crippen LogP contribution in [0.3, 0.4) is 0 Å². The Morgan fingerprint density at radius 3 is 2.67 bits per heavy atom. The molecule has 0 spiro atoms. The van der Waals surface area contributed by atoms with E-state index in [1.807, 2.05) is 18.2 Å². The summed E-state index contributed by atoms with van der Waals surface area (Å²) in [6.07, 6.45) is 9.96. The standard InChI is InChI=1S/C17H22O3S/c1-20-15-9-8-14-11-16(21(18,19)17(14)12-15)10-7-13-5-3-2-4-6-13/h8-9,11-13H,2-7,10H2,1H3. The zero-order valence-electron chi connectivity index (χ0n) is 12.5. The number of hydrogen-bond acceptors (Lipinski definition) is 3. The number of rotatable bonds is 4. The van der Waals surface area contributed by atoms with Gasteiger partial charge < -0.3 is 4.74 Å². The van der Waals surface area contributed by atoms with Gasteiger partial charge in [-0.15, -0.1) is 0 Å². The first-order valence-electron chi connectivity index (χ1n) is 7.75. The average molecular weight is 306 g/mol. The van der Waals surface area contributed by atoms with Crippen molar-refractivity contribution in [1.82, 2.24) is 0 Å². The highest BCUT2D eigenvalue weighted by atomic mass is 32.2. The quantitative estimate of drug-likeness (QED) is 0.838. The van der Waals surface area contributed by atoms with E-state index in [1.54, 1.807) is 13.2 Å². The van der Waals surface area contributed by atoms with E-state index >= 15 is 0 Å². The molecule has 1 aliphatic carbocycles. The van der Waals surface area contributed by atoms with Crippen LogP contribution in [0.5, 0.6) is 5.75 Å². The Labute approximate surface area is 126 Å². The van der Waals surface area contributed by atoms with Gasteiger partial charge >= 0.3 is 0 Å². The van der Waals surface area contributed by atoms with E-state index in [2.05, 4.69) is 0 Å². The van der Waals surface area contributed by atoms with Crippen LogP contribution >= 0.6 is 0 Å². The summed E-state index contributed by atoms with van der Waals surface area (Å²) in [5, 5.41) is 0. The number of methoxy groups -OCH3 is 1. The Kier molecular flexibility index (Phi) is 4.07. The summed E-state index contributed by atoms with van der Waals surface area (Å²) >= 11 is 0. The molecule has 0 aromatic heterocycles. The molecule has 114 valence electrons. The van der Waals surface area contributed by atoms with E-state index in [-0.39, 0.29) is 0 Å². The molecule has 0 saturated heterocycles. The Balaban J connectivity index is 1.75. The predicted molar refractivity (Wildman–Crippen MR) is 84.0 cm³/mol. The van der Waals surface area contributed by atoms with Crippen molar-refractivity contribution in [2.45, 2.75) is 49.8 Å². The summed E-state index contributed by atoms with van der Waals surface area (Å²) in [6, 6.07) is 5.28. The molecule has 3 rings (SSSR count). The van der Waals surface area contributed by atoms with Crippen LogP contribution in [0.2, 0.25) is 0 Å². The second-order valence-electron chi connectivity index (χ2n) is 6.06. The molecule has 1 aliphatic heterocycles. The highest BCUT2D eigenvalue weighted by Gasteiger charge is 2.30. The smallest absolute Gasteiger partial charge is 0.203 e. The molecule has 1 saturated carbocycles. The van der Waals surface area contributed by atoms with Crippen molar-refractivity contribution in [2.75, 3.05) is 7.11 Å². The molecule has 0 N–H and O–H groups in total. The largest absolute Gasteiger partial charge is 0.497 e. The Morgan fingerprint density at radius 1 is 1.19 bits per heavy atom. The fourth-order valence-corrected chi connectivity index (χ4v) is 5.07. The maximum Gasteiger partial charge on any atom is 0.203 e. The molecule has 1 aromatic carbocycles. The van der Waals surface area contributed by atoms with Crippen molar-refractivity contribution in [2.24, 2.45) is 5.92 Å². The van der Waals surface area contributed by atoms with Crippen LogP contribution in [0, 0.1) is 5.92 Å². The zero-order valence-corrected chi connectivity index (χ0v) is 13.3. The highest BCUT2D eigenvalue weighted by Crippen LogP contribution is 2.38. The number of ether oxygens (including phenoxy) is 1. The van der Waals surface area contributed by atoms with E-state index < -0.39 is 9.84 Å². The van der Waals surface area contributed by atoms with Gasteiger partial charge in [0.1, 0.15) is 5.75 Å². The molecule has 0 radical (unpaired) electrons. The first-order chi connectivity index (χ1) is 10.1. The number of sulfone groups is 1. The van der Waals surface area contributed by atoms with Gasteiger partial charge in [-0.05, 0) is 48.6 Å². The monoisotopic (exact) mass is 306 g/mol. The molecule has 3 nitrogen and oxygen atoms in total. The van der Waals surface area contributed by atoms with Crippen molar-refractivity contribution in [3.05, 3.63) is 28.7 Å². The third-order valence-corrected chi connectivity index (χ3v) is 6.64. The third-order valence-electron chi connectivity index (χ3n) is 4.70. The average Bonchev–Trinajstić information content (AvgIpc) is 2.76. The van der Waals surface area contributed by atoms with E-state index in [0.29, 0.717) is 27.9 Å². The molecule has 0 amide bonds. The predicted octanol–water partition coefficient (Wildman–Crippen LogP) is 4.18. The maximum atomic E-state index is 12.6. The van der Waals surface area contributed by atoms with E-state index in [0.717, 1.165) is 12.0 Å². The van der Waals surface area contributed by atoms with Crippen LogP contribution in [0.25, 0.3) is 6.08 Å². The first-order valence-corrected chi connectivity index (χ1v) is 9.23. The van der Waals surface area contributed by atoms with Gasteiger partial charge in [-0.3, -0.25) is 0 Å². The topological polar surface area (TPSA) is 43.4 Å². The molecule has 1 aromatic rings. The molecule has 0 atom stereocenters. The SMILES string of the molecule is COc1ccc2c(c1)S(=O)(=O)C(CCC1CCCCC1)=C2. The lowest BCUT2D eigenvalue weighted by Gasteiger charge is -2.21. The van der Waals surface area contributed by atoms with Gasteiger partial charge in [0.05, 0.1) is 12.0 Å². The fraction of sp³-hybridized carbons (Fsp3) is 0.529. The van der Waals surface area contributed by atoms with Gasteiger partial charge in [0.25, 0.3) is 0 Å². The van der Waals surface area contributed by atoms with Crippen LogP contribution in [-0.4, -0.2) is 15.5 Å². The van der Waals surface area contributed by atoms with Crippen molar-refractivity contribution >= 4 is 15.9 Å². The van der Waals surface area contributed by atoms with Gasteiger partial charge in [-0.25, -0.2) is 8.42 Å². The Bertz CT molecular complexity index is 653. The van der Waals surface area contributed by atoms with Gasteiger partial charge in [0.2, 0.25) is 9.84 Å². The van der Waals surface area contributed by atoms with Crippen molar-refractivity contribution in [3.63, 3.8) is 0 Å². The second kappa shape index (κ2) is 5.84. The Hall–Kier alpha value is -1.29. The minimum Gasteiger partial charge on any atom is -0.497 e. The molecule has 0 bridgehead atoms. The first kappa shape index (κ1) is 14.6. The number of hydrogen-bond donors (Lipinski definition) is 0. The molecular weight excluding hydrogens is 284 g/mol. The second-order valence-corrected chi connectivity index (χ2v) is 8.03. The molecule has 1 heterocycles. The van der Waals surface area contributed by atoms with Gasteiger partial charge in [-0.2, -0.15) is 0 Å². The van der Waals surface area contributed by atoms with Gasteiger partial charge in [0.15, 0.2) is 0 Å². The zero-order chi connectivity index (χ0) is 14.9. The molecule has 0 unspecified atom stereocenters. The summed E-state index contributed by atoms with van der Waals surface area (Å²) < 4.78 is 30.3. The fourth-order valence-electron chi connectivity index (χ4n) is 3.41. The summed E-state index contributed by atoms with van der Waals surface area (Å²) in [4.78, 5) is 0.983. The van der Waals surface area contributed by atoms with E-state index in [1.165, 1.54) is 32.1 Å².